The van der Waals surface area contributed by atoms with Gasteiger partial charge in [0.1, 0.15) is 16.5 Å². The van der Waals surface area contributed by atoms with Crippen molar-refractivity contribution >= 4 is 32.4 Å². The van der Waals surface area contributed by atoms with Gasteiger partial charge in [-0.25, -0.2) is 14.8 Å². The maximum absolute atomic E-state index is 7.33. The standard InChI is InChI=1S/C19H20N4O3S/c1-10-15-17(20-2)22-14(23-19(15)27-18(10)21-3)9-11-7-12(24-4)16(26-6)13(8-11)25-5/h7-8H,9H2,1-2,4-6H3,(H,20,22,23). The van der Waals surface area contributed by atoms with E-state index in [1.165, 1.54) is 11.3 Å². The third kappa shape index (κ3) is 3.34. The number of hydrogen-bond acceptors (Lipinski definition) is 7. The molecule has 0 saturated carbocycles. The van der Waals surface area contributed by atoms with Crippen LogP contribution in [0.1, 0.15) is 17.0 Å². The Morgan fingerprint density at radius 3 is 2.30 bits per heavy atom. The first-order valence-corrected chi connectivity index (χ1v) is 9.02. The van der Waals surface area contributed by atoms with Crippen molar-refractivity contribution in [3.8, 4) is 17.2 Å². The molecular formula is C19H20N4O3S. The van der Waals surface area contributed by atoms with Crippen molar-refractivity contribution in [2.24, 2.45) is 0 Å². The Kier molecular flexibility index (Phi) is 5.33. The van der Waals surface area contributed by atoms with Crippen molar-refractivity contribution in [2.75, 3.05) is 33.7 Å². The number of nitrogens with zero attached hydrogens (tertiary/aromatic N) is 3. The number of nitrogens with one attached hydrogen (secondary N) is 1. The van der Waals surface area contributed by atoms with Gasteiger partial charge in [0.2, 0.25) is 10.8 Å². The van der Waals surface area contributed by atoms with Crippen LogP contribution in [0.25, 0.3) is 15.1 Å². The van der Waals surface area contributed by atoms with Crippen molar-refractivity contribution in [1.29, 1.82) is 0 Å². The lowest BCUT2D eigenvalue weighted by Gasteiger charge is -2.14. The van der Waals surface area contributed by atoms with E-state index in [4.69, 9.17) is 20.8 Å². The lowest BCUT2D eigenvalue weighted by atomic mass is 10.1. The van der Waals surface area contributed by atoms with E-state index >= 15 is 0 Å². The zero-order valence-electron chi connectivity index (χ0n) is 15.8. The number of ether oxygens (including phenoxy) is 3. The molecule has 0 spiro atoms. The van der Waals surface area contributed by atoms with Crippen molar-refractivity contribution in [1.82, 2.24) is 9.97 Å². The molecule has 0 saturated heterocycles. The van der Waals surface area contributed by atoms with Crippen LogP contribution in [0.2, 0.25) is 0 Å². The molecule has 8 heteroatoms. The maximum Gasteiger partial charge on any atom is 0.246 e. The molecule has 0 aliphatic heterocycles. The summed E-state index contributed by atoms with van der Waals surface area (Å²) >= 11 is 1.38. The summed E-state index contributed by atoms with van der Waals surface area (Å²) < 4.78 is 16.2. The third-order valence-corrected chi connectivity index (χ3v) is 5.32. The predicted octanol–water partition coefficient (Wildman–Crippen LogP) is 4.21. The molecule has 0 radical (unpaired) electrons. The van der Waals surface area contributed by atoms with Crippen LogP contribution in [0.5, 0.6) is 17.2 Å². The topological polar surface area (TPSA) is 69.9 Å². The van der Waals surface area contributed by atoms with Gasteiger partial charge in [-0.2, -0.15) is 0 Å². The molecule has 0 atom stereocenters. The van der Waals surface area contributed by atoms with Crippen LogP contribution in [-0.4, -0.2) is 38.3 Å². The first-order valence-electron chi connectivity index (χ1n) is 8.20. The summed E-state index contributed by atoms with van der Waals surface area (Å²) in [6.45, 7) is 9.26. The molecule has 3 rings (SSSR count). The Balaban J connectivity index is 2.08. The Morgan fingerprint density at radius 1 is 1.11 bits per heavy atom. The van der Waals surface area contributed by atoms with Gasteiger partial charge in [-0.15, -0.1) is 11.3 Å². The van der Waals surface area contributed by atoms with E-state index in [2.05, 4.69) is 20.1 Å². The van der Waals surface area contributed by atoms with Gasteiger partial charge in [-0.3, -0.25) is 0 Å². The van der Waals surface area contributed by atoms with Crippen molar-refractivity contribution in [2.45, 2.75) is 13.3 Å². The normalized spacial score (nSPS) is 10.5. The molecule has 0 amide bonds. The van der Waals surface area contributed by atoms with E-state index in [-0.39, 0.29) is 0 Å². The van der Waals surface area contributed by atoms with Crippen LogP contribution < -0.4 is 19.5 Å². The van der Waals surface area contributed by atoms with Crippen molar-refractivity contribution < 1.29 is 14.2 Å². The van der Waals surface area contributed by atoms with E-state index < -0.39 is 0 Å². The Labute approximate surface area is 161 Å². The van der Waals surface area contributed by atoms with Gasteiger partial charge in [0.25, 0.3) is 0 Å². The summed E-state index contributed by atoms with van der Waals surface area (Å²) in [5.74, 6) is 3.10. The van der Waals surface area contributed by atoms with E-state index in [1.807, 2.05) is 26.1 Å². The van der Waals surface area contributed by atoms with Gasteiger partial charge in [0, 0.05) is 18.9 Å². The number of hydrogen-bond donors (Lipinski definition) is 1. The van der Waals surface area contributed by atoms with Crippen molar-refractivity contribution in [3.05, 3.63) is 40.5 Å². The summed E-state index contributed by atoms with van der Waals surface area (Å²) in [6, 6.07) is 3.77. The Hall–Kier alpha value is -3.05. The molecule has 1 N–H and O–H groups in total. The molecule has 3 aromatic rings. The largest absolute Gasteiger partial charge is 0.493 e. The number of methoxy groups -OCH3 is 3. The monoisotopic (exact) mass is 384 g/mol. The SMILES string of the molecule is [C-]#[N+]c1sc2nc(Cc3cc(OC)c(OC)c(OC)c3)nc(NC)c2c1C. The zero-order chi connectivity index (χ0) is 19.6. The molecule has 140 valence electrons. The highest BCUT2D eigenvalue weighted by Crippen LogP contribution is 2.40. The van der Waals surface area contributed by atoms with E-state index in [0.29, 0.717) is 34.5 Å². The fourth-order valence-corrected chi connectivity index (χ4v) is 3.94. The molecule has 0 aliphatic rings. The first kappa shape index (κ1) is 18.7. The quantitative estimate of drug-likeness (QED) is 0.642. The summed E-state index contributed by atoms with van der Waals surface area (Å²) in [5.41, 5.74) is 1.85. The molecule has 0 aliphatic carbocycles. The highest BCUT2D eigenvalue weighted by Gasteiger charge is 2.18. The number of aromatic nitrogens is 2. The summed E-state index contributed by atoms with van der Waals surface area (Å²) in [4.78, 5) is 13.7. The zero-order valence-corrected chi connectivity index (χ0v) is 16.7. The highest BCUT2D eigenvalue weighted by atomic mass is 32.1. The van der Waals surface area contributed by atoms with Crippen LogP contribution in [0.15, 0.2) is 12.1 Å². The second-order valence-electron chi connectivity index (χ2n) is 5.77. The van der Waals surface area contributed by atoms with Gasteiger partial charge in [-0.05, 0) is 30.2 Å². The second kappa shape index (κ2) is 7.68. The molecule has 0 unspecified atom stereocenters. The Morgan fingerprint density at radius 2 is 1.78 bits per heavy atom. The second-order valence-corrected chi connectivity index (χ2v) is 6.75. The lowest BCUT2D eigenvalue weighted by Crippen LogP contribution is -2.03. The molecule has 0 bridgehead atoms. The smallest absolute Gasteiger partial charge is 0.246 e. The molecule has 2 heterocycles. The number of fused-ring (bicyclic) bond motifs is 1. The van der Waals surface area contributed by atoms with Gasteiger partial charge in [-0.1, -0.05) is 0 Å². The maximum atomic E-state index is 7.33. The number of thiophene rings is 1. The average Bonchev–Trinajstić information content (AvgIpc) is 3.02. The first-order chi connectivity index (χ1) is 13.1. The predicted molar refractivity (Wildman–Crippen MR) is 107 cm³/mol. The Bertz CT molecular complexity index is 1010. The van der Waals surface area contributed by atoms with E-state index in [1.54, 1.807) is 21.3 Å². The molecule has 1 aromatic carbocycles. The molecule has 0 fully saturated rings. The number of aryl methyl sites for hydroxylation is 1. The number of benzene rings is 1. The minimum Gasteiger partial charge on any atom is -0.493 e. The van der Waals surface area contributed by atoms with Gasteiger partial charge in [0.05, 0.1) is 27.9 Å². The average molecular weight is 384 g/mol. The van der Waals surface area contributed by atoms with Gasteiger partial charge in [0.15, 0.2) is 11.5 Å². The molecule has 27 heavy (non-hydrogen) atoms. The fourth-order valence-electron chi connectivity index (χ4n) is 2.96. The molecule has 7 nitrogen and oxygen atoms in total. The number of anilines is 1. The minimum atomic E-state index is 0.492. The van der Waals surface area contributed by atoms with E-state index in [9.17, 15) is 0 Å². The summed E-state index contributed by atoms with van der Waals surface area (Å²) in [5, 5.41) is 4.67. The fraction of sp³-hybridized carbons (Fsp3) is 0.316. The van der Waals surface area contributed by atoms with E-state index in [0.717, 1.165) is 27.2 Å². The minimum absolute atomic E-state index is 0.492. The highest BCUT2D eigenvalue weighted by molar-refractivity contribution is 7.22. The number of rotatable bonds is 6. The van der Waals surface area contributed by atoms with Crippen LogP contribution >= 0.6 is 11.3 Å². The van der Waals surface area contributed by atoms with Crippen LogP contribution in [-0.2, 0) is 6.42 Å². The molecular weight excluding hydrogens is 364 g/mol. The third-order valence-electron chi connectivity index (χ3n) is 4.24. The van der Waals surface area contributed by atoms with Gasteiger partial charge >= 0.3 is 0 Å². The molecule has 2 aromatic heterocycles. The summed E-state index contributed by atoms with van der Waals surface area (Å²) in [7, 11) is 6.57. The van der Waals surface area contributed by atoms with Crippen molar-refractivity contribution in [3.63, 3.8) is 0 Å². The summed E-state index contributed by atoms with van der Waals surface area (Å²) in [6.07, 6.45) is 0.492. The van der Waals surface area contributed by atoms with Crippen LogP contribution in [0, 0.1) is 13.5 Å². The van der Waals surface area contributed by atoms with Gasteiger partial charge < -0.3 is 19.5 Å². The van der Waals surface area contributed by atoms with Crippen LogP contribution in [0.4, 0.5) is 10.8 Å². The lowest BCUT2D eigenvalue weighted by molar-refractivity contribution is 0.324. The van der Waals surface area contributed by atoms with Crippen LogP contribution in [0.3, 0.4) is 0 Å².